The van der Waals surface area contributed by atoms with Crippen molar-refractivity contribution in [3.05, 3.63) is 64.9 Å². The van der Waals surface area contributed by atoms with E-state index < -0.39 is 0 Å². The maximum Gasteiger partial charge on any atom is 0.226 e. The zero-order chi connectivity index (χ0) is 19.3. The molecule has 0 unspecified atom stereocenters. The minimum Gasteiger partial charge on any atom is -0.459 e. The molecule has 1 aromatic carbocycles. The Balaban J connectivity index is 1.23. The Bertz CT molecular complexity index is 911. The number of carbonyl (C=O) groups is 1. The highest BCUT2D eigenvalue weighted by molar-refractivity contribution is 7.13. The van der Waals surface area contributed by atoms with Crippen LogP contribution < -0.4 is 5.32 Å². The van der Waals surface area contributed by atoms with Gasteiger partial charge in [-0.15, -0.1) is 11.3 Å². The average Bonchev–Trinajstić information content (AvgIpc) is 3.33. The van der Waals surface area contributed by atoms with Crippen LogP contribution in [-0.4, -0.2) is 34.9 Å². The summed E-state index contributed by atoms with van der Waals surface area (Å²) in [5, 5.41) is 5.94. The molecule has 6 heteroatoms. The summed E-state index contributed by atoms with van der Waals surface area (Å²) in [7, 11) is 0. The van der Waals surface area contributed by atoms with Crippen LogP contribution in [0.4, 0.5) is 0 Å². The van der Waals surface area contributed by atoms with E-state index in [0.29, 0.717) is 6.42 Å². The van der Waals surface area contributed by atoms with Crippen molar-refractivity contribution in [3.63, 3.8) is 0 Å². The van der Waals surface area contributed by atoms with Crippen LogP contribution >= 0.6 is 11.3 Å². The normalized spacial score (nSPS) is 15.6. The minimum atomic E-state index is 0.0500. The van der Waals surface area contributed by atoms with Crippen molar-refractivity contribution in [2.24, 2.45) is 0 Å². The predicted molar refractivity (Wildman–Crippen MR) is 111 cm³/mol. The Morgan fingerprint density at radius 1 is 1.21 bits per heavy atom. The molecule has 3 heterocycles. The molecule has 3 aromatic rings. The number of aryl methyl sites for hydroxylation is 1. The highest BCUT2D eigenvalue weighted by Gasteiger charge is 2.21. The van der Waals surface area contributed by atoms with Gasteiger partial charge < -0.3 is 9.73 Å². The molecule has 4 rings (SSSR count). The standard InChI is InChI=1S/C22H25N3O2S/c1-16-7-8-20(27-16)22-24-19(15-28-22)13-21(26)23-18-9-11-25(12-10-18)14-17-5-3-2-4-6-17/h2-8,15,18H,9-14H2,1H3,(H,23,26). The van der Waals surface area contributed by atoms with E-state index >= 15 is 0 Å². The molecule has 1 amide bonds. The lowest BCUT2D eigenvalue weighted by molar-refractivity contribution is -0.121. The van der Waals surface area contributed by atoms with Crippen molar-refractivity contribution in [2.45, 2.75) is 38.8 Å². The van der Waals surface area contributed by atoms with Crippen LogP contribution in [0.2, 0.25) is 0 Å². The van der Waals surface area contributed by atoms with E-state index in [1.807, 2.05) is 30.5 Å². The molecule has 0 radical (unpaired) electrons. The van der Waals surface area contributed by atoms with Gasteiger partial charge in [-0.25, -0.2) is 4.98 Å². The van der Waals surface area contributed by atoms with Gasteiger partial charge in [0.25, 0.3) is 0 Å². The highest BCUT2D eigenvalue weighted by Crippen LogP contribution is 2.25. The van der Waals surface area contributed by atoms with Gasteiger partial charge in [0, 0.05) is 31.1 Å². The smallest absolute Gasteiger partial charge is 0.226 e. The summed E-state index contributed by atoms with van der Waals surface area (Å²) < 4.78 is 5.60. The van der Waals surface area contributed by atoms with Gasteiger partial charge in [-0.2, -0.15) is 0 Å². The van der Waals surface area contributed by atoms with E-state index in [1.165, 1.54) is 16.9 Å². The van der Waals surface area contributed by atoms with Crippen molar-refractivity contribution in [1.82, 2.24) is 15.2 Å². The summed E-state index contributed by atoms with van der Waals surface area (Å²) in [4.78, 5) is 19.4. The Hall–Kier alpha value is -2.44. The van der Waals surface area contributed by atoms with E-state index in [-0.39, 0.29) is 11.9 Å². The third kappa shape index (κ3) is 4.88. The number of furan rings is 1. The van der Waals surface area contributed by atoms with E-state index in [9.17, 15) is 4.79 Å². The van der Waals surface area contributed by atoms with Gasteiger partial charge in [-0.3, -0.25) is 9.69 Å². The molecule has 2 aromatic heterocycles. The number of amides is 1. The number of thiazole rings is 1. The average molecular weight is 396 g/mol. The molecule has 1 fully saturated rings. The van der Waals surface area contributed by atoms with Gasteiger partial charge in [0.05, 0.1) is 12.1 Å². The Kier molecular flexibility index (Phi) is 5.88. The SMILES string of the molecule is Cc1ccc(-c2nc(CC(=O)NC3CCN(Cc4ccccc4)CC3)cs2)o1. The first-order valence-corrected chi connectivity index (χ1v) is 10.6. The second-order valence-corrected chi connectivity index (χ2v) is 8.19. The first-order valence-electron chi connectivity index (χ1n) is 9.72. The fourth-order valence-corrected chi connectivity index (χ4v) is 4.35. The van der Waals surface area contributed by atoms with E-state index in [1.54, 1.807) is 0 Å². The van der Waals surface area contributed by atoms with Crippen LogP contribution in [-0.2, 0) is 17.8 Å². The van der Waals surface area contributed by atoms with E-state index in [0.717, 1.165) is 54.7 Å². The number of benzene rings is 1. The van der Waals surface area contributed by atoms with Crippen LogP contribution in [0.1, 0.15) is 29.9 Å². The molecule has 0 saturated carbocycles. The first kappa shape index (κ1) is 18.9. The summed E-state index contributed by atoms with van der Waals surface area (Å²) in [6.45, 7) is 4.92. The molecule has 0 aliphatic carbocycles. The summed E-state index contributed by atoms with van der Waals surface area (Å²) in [6.07, 6.45) is 2.31. The summed E-state index contributed by atoms with van der Waals surface area (Å²) >= 11 is 1.51. The number of aromatic nitrogens is 1. The van der Waals surface area contributed by atoms with Crippen molar-refractivity contribution in [1.29, 1.82) is 0 Å². The monoisotopic (exact) mass is 395 g/mol. The summed E-state index contributed by atoms with van der Waals surface area (Å²) in [5.74, 6) is 1.68. The van der Waals surface area contributed by atoms with Crippen molar-refractivity contribution in [3.8, 4) is 10.8 Å². The number of piperidine rings is 1. The van der Waals surface area contributed by atoms with Crippen molar-refractivity contribution in [2.75, 3.05) is 13.1 Å². The molecule has 1 saturated heterocycles. The Labute approximate surface area is 169 Å². The van der Waals surface area contributed by atoms with Gasteiger partial charge in [0.1, 0.15) is 5.76 Å². The summed E-state index contributed by atoms with van der Waals surface area (Å²) in [6, 6.07) is 14.6. The van der Waals surface area contributed by atoms with Crippen molar-refractivity contribution < 1.29 is 9.21 Å². The number of nitrogens with zero attached hydrogens (tertiary/aromatic N) is 2. The molecule has 146 valence electrons. The lowest BCUT2D eigenvalue weighted by atomic mass is 10.0. The lowest BCUT2D eigenvalue weighted by Crippen LogP contribution is -2.44. The molecule has 1 N–H and O–H groups in total. The molecular weight excluding hydrogens is 370 g/mol. The van der Waals surface area contributed by atoms with E-state index in [4.69, 9.17) is 4.42 Å². The largest absolute Gasteiger partial charge is 0.459 e. The molecule has 0 atom stereocenters. The molecule has 0 spiro atoms. The zero-order valence-corrected chi connectivity index (χ0v) is 16.9. The molecule has 28 heavy (non-hydrogen) atoms. The van der Waals surface area contributed by atoms with Gasteiger partial charge in [0.15, 0.2) is 10.8 Å². The van der Waals surface area contributed by atoms with Gasteiger partial charge in [-0.05, 0) is 37.5 Å². The molecular formula is C22H25N3O2S. The molecule has 0 bridgehead atoms. The quantitative estimate of drug-likeness (QED) is 0.684. The Morgan fingerprint density at radius 3 is 2.71 bits per heavy atom. The Morgan fingerprint density at radius 2 is 2.00 bits per heavy atom. The van der Waals surface area contributed by atoms with Crippen LogP contribution in [0.5, 0.6) is 0 Å². The van der Waals surface area contributed by atoms with Crippen LogP contribution in [0, 0.1) is 6.92 Å². The maximum absolute atomic E-state index is 12.4. The number of hydrogen-bond donors (Lipinski definition) is 1. The molecule has 5 nitrogen and oxygen atoms in total. The second-order valence-electron chi connectivity index (χ2n) is 7.33. The minimum absolute atomic E-state index is 0.0500. The summed E-state index contributed by atoms with van der Waals surface area (Å²) in [5.41, 5.74) is 2.14. The number of nitrogens with one attached hydrogen (secondary N) is 1. The van der Waals surface area contributed by atoms with Gasteiger partial charge in [-0.1, -0.05) is 30.3 Å². The van der Waals surface area contributed by atoms with Crippen LogP contribution in [0.25, 0.3) is 10.8 Å². The number of rotatable bonds is 6. The van der Waals surface area contributed by atoms with Gasteiger partial charge in [0.2, 0.25) is 5.91 Å². The fraction of sp³-hybridized carbons (Fsp3) is 0.364. The van der Waals surface area contributed by atoms with E-state index in [2.05, 4.69) is 39.5 Å². The number of hydrogen-bond acceptors (Lipinski definition) is 5. The number of likely N-dealkylation sites (tertiary alicyclic amines) is 1. The zero-order valence-electron chi connectivity index (χ0n) is 16.1. The third-order valence-electron chi connectivity index (χ3n) is 5.05. The first-order chi connectivity index (χ1) is 13.7. The number of carbonyl (C=O) groups excluding carboxylic acids is 1. The lowest BCUT2D eigenvalue weighted by Gasteiger charge is -2.32. The van der Waals surface area contributed by atoms with Gasteiger partial charge >= 0.3 is 0 Å². The topological polar surface area (TPSA) is 58.4 Å². The fourth-order valence-electron chi connectivity index (χ4n) is 3.57. The predicted octanol–water partition coefficient (Wildman–Crippen LogP) is 4.03. The van der Waals surface area contributed by atoms with Crippen LogP contribution in [0.15, 0.2) is 52.3 Å². The van der Waals surface area contributed by atoms with Crippen LogP contribution in [0.3, 0.4) is 0 Å². The molecule has 1 aliphatic rings. The maximum atomic E-state index is 12.4. The third-order valence-corrected chi connectivity index (χ3v) is 5.95. The molecule has 1 aliphatic heterocycles. The highest BCUT2D eigenvalue weighted by atomic mass is 32.1. The second kappa shape index (κ2) is 8.71. The van der Waals surface area contributed by atoms with Crippen molar-refractivity contribution >= 4 is 17.2 Å².